The molecule has 0 saturated heterocycles. The Morgan fingerprint density at radius 1 is 1.41 bits per heavy atom. The molecule has 0 unspecified atom stereocenters. The molecule has 0 saturated carbocycles. The van der Waals surface area contributed by atoms with Crippen LogP contribution in [0.2, 0.25) is 0 Å². The quantitative estimate of drug-likeness (QED) is 0.704. The van der Waals surface area contributed by atoms with Crippen molar-refractivity contribution in [3.05, 3.63) is 24.5 Å². The first kappa shape index (κ1) is 13.5. The minimum absolute atomic E-state index is 0.0550. The Morgan fingerprint density at radius 3 is 3.00 bits per heavy atom. The van der Waals surface area contributed by atoms with Gasteiger partial charge in [0.25, 0.3) is 5.91 Å². The van der Waals surface area contributed by atoms with Crippen molar-refractivity contribution < 1.29 is 9.53 Å². The van der Waals surface area contributed by atoms with E-state index in [9.17, 15) is 4.79 Å². The molecule has 17 heavy (non-hydrogen) atoms. The molecule has 0 aliphatic carbocycles. The first-order chi connectivity index (χ1) is 8.33. The van der Waals surface area contributed by atoms with E-state index in [4.69, 9.17) is 4.74 Å². The lowest BCUT2D eigenvalue weighted by Crippen LogP contribution is -2.29. The second-order valence-corrected chi connectivity index (χ2v) is 3.89. The zero-order valence-corrected chi connectivity index (χ0v) is 10.3. The highest BCUT2D eigenvalue weighted by atomic mass is 16.5. The van der Waals surface area contributed by atoms with Gasteiger partial charge in [-0.15, -0.1) is 0 Å². The molecule has 94 valence electrons. The minimum atomic E-state index is -0.0784. The van der Waals surface area contributed by atoms with Gasteiger partial charge in [-0.2, -0.15) is 0 Å². The van der Waals surface area contributed by atoms with E-state index in [1.807, 2.05) is 0 Å². The fraction of sp³-hybridized carbons (Fsp3) is 0.538. The van der Waals surface area contributed by atoms with E-state index in [1.54, 1.807) is 24.5 Å². The van der Waals surface area contributed by atoms with Crippen LogP contribution in [0.1, 0.15) is 32.6 Å². The topological polar surface area (TPSA) is 51.2 Å². The summed E-state index contributed by atoms with van der Waals surface area (Å²) in [5.41, 5.74) is 0. The van der Waals surface area contributed by atoms with E-state index < -0.39 is 0 Å². The maximum atomic E-state index is 11.4. The highest BCUT2D eigenvalue weighted by Gasteiger charge is 2.01. The average molecular weight is 236 g/mol. The van der Waals surface area contributed by atoms with Gasteiger partial charge in [-0.1, -0.05) is 26.2 Å². The fourth-order valence-corrected chi connectivity index (χ4v) is 1.41. The molecule has 1 heterocycles. The molecule has 0 bridgehead atoms. The molecule has 0 aromatic carbocycles. The number of carbonyl (C=O) groups excluding carboxylic acids is 1. The summed E-state index contributed by atoms with van der Waals surface area (Å²) in [7, 11) is 0. The predicted octanol–water partition coefficient (Wildman–Crippen LogP) is 2.16. The third-order valence-electron chi connectivity index (χ3n) is 2.36. The number of unbranched alkanes of at least 4 members (excludes halogenated alkanes) is 3. The Balaban J connectivity index is 2.05. The van der Waals surface area contributed by atoms with E-state index in [-0.39, 0.29) is 12.5 Å². The molecule has 0 aliphatic rings. The number of pyridine rings is 1. The number of rotatable bonds is 8. The molecular formula is C13H20N2O2. The van der Waals surface area contributed by atoms with Gasteiger partial charge in [-0.05, 0) is 18.6 Å². The Hall–Kier alpha value is -1.58. The van der Waals surface area contributed by atoms with Gasteiger partial charge in [0.2, 0.25) is 0 Å². The molecule has 4 nitrogen and oxygen atoms in total. The van der Waals surface area contributed by atoms with Gasteiger partial charge >= 0.3 is 0 Å². The standard InChI is InChI=1S/C13H20N2O2/c1-2-3-4-5-9-15-13(16)11-17-12-7-6-8-14-10-12/h6-8,10H,2-5,9,11H2,1H3,(H,15,16). The number of hydrogen-bond acceptors (Lipinski definition) is 3. The first-order valence-electron chi connectivity index (χ1n) is 6.12. The summed E-state index contributed by atoms with van der Waals surface area (Å²) < 4.78 is 5.27. The molecule has 1 aromatic heterocycles. The molecule has 0 spiro atoms. The lowest BCUT2D eigenvalue weighted by atomic mass is 10.2. The smallest absolute Gasteiger partial charge is 0.257 e. The third kappa shape index (κ3) is 6.56. The summed E-state index contributed by atoms with van der Waals surface area (Å²) in [6.07, 6.45) is 7.89. The van der Waals surface area contributed by atoms with Crippen molar-refractivity contribution in [2.24, 2.45) is 0 Å². The molecule has 0 radical (unpaired) electrons. The predicted molar refractivity (Wildman–Crippen MR) is 66.9 cm³/mol. The Kier molecular flexibility index (Phi) is 6.79. The van der Waals surface area contributed by atoms with Crippen LogP contribution in [0.25, 0.3) is 0 Å². The number of carbonyl (C=O) groups is 1. The van der Waals surface area contributed by atoms with Gasteiger partial charge in [0.1, 0.15) is 5.75 Å². The normalized spacial score (nSPS) is 9.94. The Bertz CT molecular complexity index is 314. The molecule has 1 aromatic rings. The van der Waals surface area contributed by atoms with Gasteiger partial charge < -0.3 is 10.1 Å². The van der Waals surface area contributed by atoms with Crippen molar-refractivity contribution in [1.82, 2.24) is 10.3 Å². The molecule has 1 rings (SSSR count). The van der Waals surface area contributed by atoms with Crippen LogP contribution in [-0.2, 0) is 4.79 Å². The number of nitrogens with one attached hydrogen (secondary N) is 1. The number of aromatic nitrogens is 1. The summed E-state index contributed by atoms with van der Waals surface area (Å²) >= 11 is 0. The summed E-state index contributed by atoms with van der Waals surface area (Å²) in [5.74, 6) is 0.541. The van der Waals surface area contributed by atoms with Crippen LogP contribution in [0.5, 0.6) is 5.75 Å². The van der Waals surface area contributed by atoms with Crippen molar-refractivity contribution in [3.8, 4) is 5.75 Å². The minimum Gasteiger partial charge on any atom is -0.482 e. The summed E-state index contributed by atoms with van der Waals surface area (Å²) in [5, 5.41) is 2.83. The van der Waals surface area contributed by atoms with Crippen molar-refractivity contribution in [2.75, 3.05) is 13.2 Å². The highest BCUT2D eigenvalue weighted by molar-refractivity contribution is 5.77. The maximum absolute atomic E-state index is 11.4. The highest BCUT2D eigenvalue weighted by Crippen LogP contribution is 2.05. The van der Waals surface area contributed by atoms with Crippen molar-refractivity contribution in [1.29, 1.82) is 0 Å². The van der Waals surface area contributed by atoms with E-state index in [0.29, 0.717) is 5.75 Å². The van der Waals surface area contributed by atoms with E-state index in [1.165, 1.54) is 19.3 Å². The molecule has 0 fully saturated rings. The monoisotopic (exact) mass is 236 g/mol. The number of hydrogen-bond donors (Lipinski definition) is 1. The maximum Gasteiger partial charge on any atom is 0.257 e. The SMILES string of the molecule is CCCCCCNC(=O)COc1cccnc1. The van der Waals surface area contributed by atoms with E-state index in [0.717, 1.165) is 13.0 Å². The number of amides is 1. The lowest BCUT2D eigenvalue weighted by molar-refractivity contribution is -0.123. The second-order valence-electron chi connectivity index (χ2n) is 3.89. The molecule has 1 N–H and O–H groups in total. The summed E-state index contributed by atoms with van der Waals surface area (Å²) in [4.78, 5) is 15.3. The van der Waals surface area contributed by atoms with Gasteiger partial charge in [-0.3, -0.25) is 9.78 Å². The first-order valence-corrected chi connectivity index (χ1v) is 6.12. The Labute approximate surface area is 102 Å². The van der Waals surface area contributed by atoms with Crippen LogP contribution in [0, 0.1) is 0 Å². The molecule has 4 heteroatoms. The largest absolute Gasteiger partial charge is 0.482 e. The van der Waals surface area contributed by atoms with E-state index in [2.05, 4.69) is 17.2 Å². The third-order valence-corrected chi connectivity index (χ3v) is 2.36. The van der Waals surface area contributed by atoms with Gasteiger partial charge in [0, 0.05) is 12.7 Å². The zero-order valence-electron chi connectivity index (χ0n) is 10.3. The number of nitrogens with zero attached hydrogens (tertiary/aromatic N) is 1. The number of ether oxygens (including phenoxy) is 1. The van der Waals surface area contributed by atoms with Gasteiger partial charge in [0.15, 0.2) is 6.61 Å². The van der Waals surface area contributed by atoms with Crippen LogP contribution in [0.3, 0.4) is 0 Å². The molecular weight excluding hydrogens is 216 g/mol. The van der Waals surface area contributed by atoms with Crippen molar-refractivity contribution in [3.63, 3.8) is 0 Å². The van der Waals surface area contributed by atoms with E-state index >= 15 is 0 Å². The van der Waals surface area contributed by atoms with Crippen molar-refractivity contribution in [2.45, 2.75) is 32.6 Å². The Morgan fingerprint density at radius 2 is 2.29 bits per heavy atom. The van der Waals surface area contributed by atoms with Crippen LogP contribution in [0.4, 0.5) is 0 Å². The summed E-state index contributed by atoms with van der Waals surface area (Å²) in [6, 6.07) is 3.56. The second kappa shape index (κ2) is 8.56. The summed E-state index contributed by atoms with van der Waals surface area (Å²) in [6.45, 7) is 2.95. The molecule has 1 amide bonds. The fourth-order valence-electron chi connectivity index (χ4n) is 1.41. The van der Waals surface area contributed by atoms with Gasteiger partial charge in [-0.25, -0.2) is 0 Å². The average Bonchev–Trinajstić information content (AvgIpc) is 2.37. The van der Waals surface area contributed by atoms with Crippen LogP contribution in [0.15, 0.2) is 24.5 Å². The van der Waals surface area contributed by atoms with Crippen LogP contribution in [-0.4, -0.2) is 24.0 Å². The van der Waals surface area contributed by atoms with Crippen molar-refractivity contribution >= 4 is 5.91 Å². The van der Waals surface area contributed by atoms with Gasteiger partial charge in [0.05, 0.1) is 6.20 Å². The lowest BCUT2D eigenvalue weighted by Gasteiger charge is -2.06. The van der Waals surface area contributed by atoms with Crippen LogP contribution >= 0.6 is 0 Å². The zero-order chi connectivity index (χ0) is 12.3. The molecule has 0 atom stereocenters. The molecule has 0 aliphatic heterocycles. The van der Waals surface area contributed by atoms with Crippen LogP contribution < -0.4 is 10.1 Å².